The van der Waals surface area contributed by atoms with Crippen LogP contribution < -0.4 is 11.1 Å². The largest absolute Gasteiger partial charge is 0.338 e. The molecule has 0 aromatic heterocycles. The highest BCUT2D eigenvalue weighted by molar-refractivity contribution is 6.30. The highest BCUT2D eigenvalue weighted by Crippen LogP contribution is 2.41. The summed E-state index contributed by atoms with van der Waals surface area (Å²) in [6.45, 7) is 2.31. The second-order valence-corrected chi connectivity index (χ2v) is 6.94. The van der Waals surface area contributed by atoms with Crippen LogP contribution in [-0.4, -0.2) is 36.6 Å². The summed E-state index contributed by atoms with van der Waals surface area (Å²) in [5.74, 6) is 0. The van der Waals surface area contributed by atoms with E-state index in [1.165, 1.54) is 5.56 Å². The van der Waals surface area contributed by atoms with Gasteiger partial charge in [-0.05, 0) is 49.8 Å². The number of hydrogen-bond donors (Lipinski definition) is 2. The minimum Gasteiger partial charge on any atom is -0.338 e. The van der Waals surface area contributed by atoms with E-state index >= 15 is 0 Å². The molecule has 2 aliphatic rings. The Morgan fingerprint density at radius 1 is 1.36 bits per heavy atom. The summed E-state index contributed by atoms with van der Waals surface area (Å²) in [7, 11) is 0. The minimum atomic E-state index is 0.00760. The van der Waals surface area contributed by atoms with Crippen LogP contribution >= 0.6 is 11.6 Å². The molecule has 1 heterocycles. The van der Waals surface area contributed by atoms with E-state index in [4.69, 9.17) is 17.3 Å². The quantitative estimate of drug-likeness (QED) is 0.899. The van der Waals surface area contributed by atoms with Crippen molar-refractivity contribution in [2.24, 2.45) is 5.73 Å². The third-order valence-corrected chi connectivity index (χ3v) is 5.53. The number of amides is 2. The third-order valence-electron chi connectivity index (χ3n) is 5.29. The van der Waals surface area contributed by atoms with Crippen molar-refractivity contribution in [2.75, 3.05) is 19.6 Å². The van der Waals surface area contributed by atoms with E-state index in [1.807, 2.05) is 23.1 Å². The molecule has 3 rings (SSSR count). The summed E-state index contributed by atoms with van der Waals surface area (Å²) >= 11 is 6.15. The van der Waals surface area contributed by atoms with Crippen LogP contribution in [0.5, 0.6) is 0 Å². The van der Waals surface area contributed by atoms with Crippen molar-refractivity contribution in [3.8, 4) is 0 Å². The Kier molecular flexibility index (Phi) is 4.59. The van der Waals surface area contributed by atoms with Gasteiger partial charge in [0.1, 0.15) is 0 Å². The summed E-state index contributed by atoms with van der Waals surface area (Å²) in [6, 6.07) is 8.52. The lowest BCUT2D eigenvalue weighted by Crippen LogP contribution is -2.53. The maximum absolute atomic E-state index is 12.0. The number of nitrogens with two attached hydrogens (primary N) is 1. The molecule has 1 aromatic carbocycles. The zero-order valence-corrected chi connectivity index (χ0v) is 13.6. The zero-order valence-electron chi connectivity index (χ0n) is 12.9. The van der Waals surface area contributed by atoms with Crippen molar-refractivity contribution >= 4 is 17.6 Å². The van der Waals surface area contributed by atoms with Crippen LogP contribution in [0.15, 0.2) is 24.3 Å². The number of carbonyl (C=O) groups is 1. The van der Waals surface area contributed by atoms with Gasteiger partial charge < -0.3 is 16.0 Å². The molecule has 0 radical (unpaired) electrons. The van der Waals surface area contributed by atoms with E-state index in [-0.39, 0.29) is 11.4 Å². The minimum absolute atomic E-state index is 0.00760. The van der Waals surface area contributed by atoms with Gasteiger partial charge in [0.2, 0.25) is 0 Å². The van der Waals surface area contributed by atoms with Gasteiger partial charge in [-0.2, -0.15) is 0 Å². The van der Waals surface area contributed by atoms with E-state index < -0.39 is 0 Å². The fourth-order valence-electron chi connectivity index (χ4n) is 3.89. The predicted octanol–water partition coefficient (Wildman–Crippen LogP) is 2.89. The maximum Gasteiger partial charge on any atom is 0.317 e. The van der Waals surface area contributed by atoms with Crippen LogP contribution in [0.4, 0.5) is 4.79 Å². The zero-order chi connectivity index (χ0) is 15.6. The van der Waals surface area contributed by atoms with Gasteiger partial charge in [0.25, 0.3) is 0 Å². The lowest BCUT2D eigenvalue weighted by molar-refractivity contribution is 0.124. The second kappa shape index (κ2) is 6.47. The molecule has 1 aliphatic carbocycles. The molecule has 1 saturated heterocycles. The van der Waals surface area contributed by atoms with E-state index in [2.05, 4.69) is 11.4 Å². The Labute approximate surface area is 137 Å². The number of nitrogens with one attached hydrogen (secondary N) is 1. The molecule has 3 N–H and O–H groups in total. The van der Waals surface area contributed by atoms with Crippen LogP contribution in [0.2, 0.25) is 5.02 Å². The molecule has 0 unspecified atom stereocenters. The van der Waals surface area contributed by atoms with E-state index in [9.17, 15) is 4.79 Å². The maximum atomic E-state index is 12.0. The molecule has 1 aliphatic heterocycles. The number of hydrogen-bond acceptors (Lipinski definition) is 2. The Hall–Kier alpha value is -1.26. The highest BCUT2D eigenvalue weighted by atomic mass is 35.5. The van der Waals surface area contributed by atoms with Gasteiger partial charge in [-0.3, -0.25) is 0 Å². The van der Waals surface area contributed by atoms with Crippen molar-refractivity contribution in [1.29, 1.82) is 0 Å². The van der Waals surface area contributed by atoms with Gasteiger partial charge in [-0.1, -0.05) is 23.7 Å². The first kappa shape index (κ1) is 15.6. The SMILES string of the molecule is NC[C@]1(c2cccc(Cl)c2)CC[C@@H](N2CCCNC2=O)CC1. The molecule has 0 spiro atoms. The van der Waals surface area contributed by atoms with Crippen molar-refractivity contribution in [3.05, 3.63) is 34.9 Å². The number of carbonyl (C=O) groups excluding carboxylic acids is 1. The van der Waals surface area contributed by atoms with E-state index in [0.29, 0.717) is 12.6 Å². The Balaban J connectivity index is 1.72. The van der Waals surface area contributed by atoms with Crippen LogP contribution in [0, 0.1) is 0 Å². The van der Waals surface area contributed by atoms with Gasteiger partial charge in [0.15, 0.2) is 0 Å². The molecular formula is C17H24ClN3O. The van der Waals surface area contributed by atoms with Crippen LogP contribution in [0.25, 0.3) is 0 Å². The first-order valence-electron chi connectivity index (χ1n) is 8.15. The van der Waals surface area contributed by atoms with Gasteiger partial charge >= 0.3 is 6.03 Å². The molecule has 22 heavy (non-hydrogen) atoms. The van der Waals surface area contributed by atoms with Gasteiger partial charge in [-0.25, -0.2) is 4.79 Å². The molecule has 5 heteroatoms. The lowest BCUT2D eigenvalue weighted by atomic mass is 9.68. The van der Waals surface area contributed by atoms with Crippen molar-refractivity contribution in [2.45, 2.75) is 43.6 Å². The molecule has 4 nitrogen and oxygen atoms in total. The summed E-state index contributed by atoms with van der Waals surface area (Å²) in [4.78, 5) is 14.0. The highest BCUT2D eigenvalue weighted by Gasteiger charge is 2.38. The van der Waals surface area contributed by atoms with Crippen LogP contribution in [-0.2, 0) is 5.41 Å². The Morgan fingerprint density at radius 3 is 2.77 bits per heavy atom. The molecular weight excluding hydrogens is 298 g/mol. The van der Waals surface area contributed by atoms with Crippen molar-refractivity contribution < 1.29 is 4.79 Å². The van der Waals surface area contributed by atoms with Crippen molar-refractivity contribution in [3.63, 3.8) is 0 Å². The van der Waals surface area contributed by atoms with Gasteiger partial charge in [0.05, 0.1) is 0 Å². The molecule has 0 bridgehead atoms. The molecule has 1 aromatic rings. The second-order valence-electron chi connectivity index (χ2n) is 6.50. The summed E-state index contributed by atoms with van der Waals surface area (Å²) in [5, 5.41) is 3.71. The average molecular weight is 322 g/mol. The number of urea groups is 1. The number of rotatable bonds is 3. The first-order valence-corrected chi connectivity index (χ1v) is 8.53. The molecule has 1 saturated carbocycles. The molecule has 120 valence electrons. The predicted molar refractivity (Wildman–Crippen MR) is 89.2 cm³/mol. The molecule has 2 amide bonds. The van der Waals surface area contributed by atoms with Crippen LogP contribution in [0.3, 0.4) is 0 Å². The summed E-state index contributed by atoms with van der Waals surface area (Å²) in [6.07, 6.45) is 5.09. The van der Waals surface area contributed by atoms with Crippen LogP contribution in [0.1, 0.15) is 37.7 Å². The Bertz CT molecular complexity index is 540. The molecule has 0 atom stereocenters. The topological polar surface area (TPSA) is 58.4 Å². The van der Waals surface area contributed by atoms with E-state index in [1.54, 1.807) is 0 Å². The fraction of sp³-hybridized carbons (Fsp3) is 0.588. The van der Waals surface area contributed by atoms with Crippen molar-refractivity contribution in [1.82, 2.24) is 10.2 Å². The molecule has 2 fully saturated rings. The first-order chi connectivity index (χ1) is 10.6. The lowest BCUT2D eigenvalue weighted by Gasteiger charge is -2.44. The smallest absolute Gasteiger partial charge is 0.317 e. The standard InChI is InChI=1S/C17H24ClN3O/c18-14-4-1-3-13(11-14)17(12-19)7-5-15(6-8-17)21-10-2-9-20-16(21)22/h1,3-4,11,15H,2,5-10,12,19H2,(H,20,22)/t15-,17+. The number of nitrogens with zero attached hydrogens (tertiary/aromatic N) is 1. The normalized spacial score (nSPS) is 29.3. The monoisotopic (exact) mass is 321 g/mol. The third kappa shape index (κ3) is 2.95. The number of benzene rings is 1. The summed E-state index contributed by atoms with van der Waals surface area (Å²) in [5.41, 5.74) is 7.38. The van der Waals surface area contributed by atoms with Gasteiger partial charge in [-0.15, -0.1) is 0 Å². The summed E-state index contributed by atoms with van der Waals surface area (Å²) < 4.78 is 0. The van der Waals surface area contributed by atoms with Gasteiger partial charge in [0, 0.05) is 36.1 Å². The average Bonchev–Trinajstić information content (AvgIpc) is 2.55. The number of halogens is 1. The van der Waals surface area contributed by atoms with E-state index in [0.717, 1.165) is 50.2 Å². The Morgan fingerprint density at radius 2 is 2.14 bits per heavy atom. The fourth-order valence-corrected chi connectivity index (χ4v) is 4.08.